The number of anilines is 1. The highest BCUT2D eigenvalue weighted by molar-refractivity contribution is 5.97. The highest BCUT2D eigenvalue weighted by Gasteiger charge is 2.27. The number of ether oxygens (including phenoxy) is 1. The number of hydrogen-bond acceptors (Lipinski definition) is 5. The van der Waals surface area contributed by atoms with Crippen LogP contribution < -0.4 is 10.2 Å². The number of fused-ring (bicyclic) bond motifs is 1. The van der Waals surface area contributed by atoms with Gasteiger partial charge in [-0.3, -0.25) is 9.59 Å². The van der Waals surface area contributed by atoms with Gasteiger partial charge in [0, 0.05) is 18.7 Å². The van der Waals surface area contributed by atoms with Crippen LogP contribution in [-0.4, -0.2) is 37.0 Å². The Balaban J connectivity index is 1.42. The number of benzene rings is 2. The lowest BCUT2D eigenvalue weighted by molar-refractivity contribution is -0.149. The average molecular weight is 432 g/mol. The topological polar surface area (TPSA) is 88.8 Å². The van der Waals surface area contributed by atoms with Crippen molar-refractivity contribution in [1.29, 1.82) is 0 Å². The zero-order valence-corrected chi connectivity index (χ0v) is 17.5. The number of carbonyl (C=O) groups is 3. The Bertz CT molecular complexity index is 1080. The van der Waals surface area contributed by atoms with Crippen molar-refractivity contribution in [3.63, 3.8) is 0 Å². The van der Waals surface area contributed by atoms with Gasteiger partial charge in [0.05, 0.1) is 6.26 Å². The molecule has 0 bridgehead atoms. The van der Waals surface area contributed by atoms with E-state index in [1.807, 2.05) is 54.6 Å². The molecule has 0 spiro atoms. The number of carbonyl (C=O) groups excluding carboxylic acids is 3. The molecule has 0 saturated carbocycles. The van der Waals surface area contributed by atoms with E-state index in [9.17, 15) is 14.4 Å². The van der Waals surface area contributed by atoms with E-state index in [4.69, 9.17) is 9.15 Å². The molecular formula is C25H24N2O5. The van der Waals surface area contributed by atoms with Crippen molar-refractivity contribution >= 4 is 23.5 Å². The summed E-state index contributed by atoms with van der Waals surface area (Å²) >= 11 is 0. The van der Waals surface area contributed by atoms with Gasteiger partial charge in [0.2, 0.25) is 0 Å². The lowest BCUT2D eigenvalue weighted by atomic mass is 10.0. The van der Waals surface area contributed by atoms with E-state index in [0.717, 1.165) is 29.7 Å². The molecule has 4 rings (SSSR count). The van der Waals surface area contributed by atoms with Crippen LogP contribution in [0.3, 0.4) is 0 Å². The lowest BCUT2D eigenvalue weighted by Gasteiger charge is -2.29. The molecule has 2 amide bonds. The van der Waals surface area contributed by atoms with Crippen LogP contribution in [0.15, 0.2) is 77.4 Å². The maximum absolute atomic E-state index is 12.8. The molecule has 7 nitrogen and oxygen atoms in total. The number of esters is 1. The summed E-state index contributed by atoms with van der Waals surface area (Å²) in [6.45, 7) is 0.186. The minimum atomic E-state index is -0.962. The normalized spacial score (nSPS) is 13.7. The monoisotopic (exact) mass is 432 g/mol. The number of nitrogens with one attached hydrogen (secondary N) is 1. The summed E-state index contributed by atoms with van der Waals surface area (Å²) < 4.78 is 10.5. The fourth-order valence-corrected chi connectivity index (χ4v) is 3.78. The molecule has 1 aromatic heterocycles. The van der Waals surface area contributed by atoms with Gasteiger partial charge in [-0.05, 0) is 42.2 Å². The van der Waals surface area contributed by atoms with E-state index in [2.05, 4.69) is 5.32 Å². The molecule has 1 aliphatic heterocycles. The van der Waals surface area contributed by atoms with Crippen molar-refractivity contribution in [2.24, 2.45) is 0 Å². The summed E-state index contributed by atoms with van der Waals surface area (Å²) in [5.41, 5.74) is 2.81. The Labute approximate surface area is 186 Å². The number of para-hydroxylation sites is 1. The van der Waals surface area contributed by atoms with E-state index >= 15 is 0 Å². The highest BCUT2D eigenvalue weighted by Crippen LogP contribution is 2.26. The quantitative estimate of drug-likeness (QED) is 0.580. The third-order valence-electron chi connectivity index (χ3n) is 5.37. The minimum absolute atomic E-state index is 0.0943. The van der Waals surface area contributed by atoms with E-state index < -0.39 is 24.5 Å². The van der Waals surface area contributed by atoms with Crippen LogP contribution in [0.25, 0.3) is 0 Å². The van der Waals surface area contributed by atoms with Gasteiger partial charge in [0.25, 0.3) is 11.8 Å². The van der Waals surface area contributed by atoms with Gasteiger partial charge >= 0.3 is 5.97 Å². The maximum Gasteiger partial charge on any atom is 0.329 e. The van der Waals surface area contributed by atoms with Crippen LogP contribution in [-0.2, 0) is 27.2 Å². The molecule has 32 heavy (non-hydrogen) atoms. The Kier molecular flexibility index (Phi) is 6.65. The number of furan rings is 1. The van der Waals surface area contributed by atoms with E-state index in [1.165, 1.54) is 12.3 Å². The van der Waals surface area contributed by atoms with Gasteiger partial charge in [-0.15, -0.1) is 0 Å². The molecule has 1 aliphatic rings. The molecular weight excluding hydrogens is 408 g/mol. The fourth-order valence-electron chi connectivity index (χ4n) is 3.78. The van der Waals surface area contributed by atoms with Crippen LogP contribution >= 0.6 is 0 Å². The van der Waals surface area contributed by atoms with Crippen LogP contribution in [0, 0.1) is 0 Å². The number of nitrogens with zero attached hydrogens (tertiary/aromatic N) is 1. The fraction of sp³-hybridized carbons (Fsp3) is 0.240. The number of rotatable bonds is 7. The molecule has 0 radical (unpaired) electrons. The first-order chi connectivity index (χ1) is 15.6. The van der Waals surface area contributed by atoms with E-state index in [-0.39, 0.29) is 18.1 Å². The van der Waals surface area contributed by atoms with Gasteiger partial charge < -0.3 is 19.4 Å². The molecule has 0 fully saturated rings. The first-order valence-electron chi connectivity index (χ1n) is 10.5. The van der Waals surface area contributed by atoms with Gasteiger partial charge in [-0.25, -0.2) is 4.79 Å². The SMILES string of the molecule is O=C(N[C@@H](Cc1ccccc1)C(=O)OCC(=O)N1CCCc2ccccc21)c1ccco1. The predicted molar refractivity (Wildman–Crippen MR) is 118 cm³/mol. The Hall–Kier alpha value is -3.87. The summed E-state index contributed by atoms with van der Waals surface area (Å²) in [6, 6.07) is 19.2. The van der Waals surface area contributed by atoms with E-state index in [0.29, 0.717) is 6.54 Å². The molecule has 2 aromatic carbocycles. The van der Waals surface area contributed by atoms with Crippen molar-refractivity contribution in [3.05, 3.63) is 89.9 Å². The van der Waals surface area contributed by atoms with Crippen LogP contribution in [0.5, 0.6) is 0 Å². The van der Waals surface area contributed by atoms with Crippen molar-refractivity contribution in [1.82, 2.24) is 5.32 Å². The summed E-state index contributed by atoms with van der Waals surface area (Å²) in [5.74, 6) is -1.39. The zero-order valence-electron chi connectivity index (χ0n) is 17.5. The van der Waals surface area contributed by atoms with Gasteiger partial charge in [-0.1, -0.05) is 48.5 Å². The molecule has 1 N–H and O–H groups in total. The molecule has 164 valence electrons. The second-order valence-corrected chi connectivity index (χ2v) is 7.58. The van der Waals surface area contributed by atoms with Crippen molar-refractivity contribution in [3.8, 4) is 0 Å². The molecule has 3 aromatic rings. The average Bonchev–Trinajstić information content (AvgIpc) is 3.37. The van der Waals surface area contributed by atoms with Gasteiger partial charge in [0.1, 0.15) is 6.04 Å². The van der Waals surface area contributed by atoms with Crippen molar-refractivity contribution in [2.75, 3.05) is 18.1 Å². The first-order valence-corrected chi connectivity index (χ1v) is 10.5. The summed E-state index contributed by atoms with van der Waals surface area (Å²) in [6.07, 6.45) is 3.38. The molecule has 0 unspecified atom stereocenters. The van der Waals surface area contributed by atoms with Crippen LogP contribution in [0.2, 0.25) is 0 Å². The van der Waals surface area contributed by atoms with Crippen molar-refractivity contribution in [2.45, 2.75) is 25.3 Å². The number of amides is 2. The third kappa shape index (κ3) is 5.06. The number of hydrogen-bond donors (Lipinski definition) is 1. The summed E-state index contributed by atoms with van der Waals surface area (Å²) in [7, 11) is 0. The van der Waals surface area contributed by atoms with E-state index in [1.54, 1.807) is 11.0 Å². The zero-order chi connectivity index (χ0) is 22.3. The molecule has 0 saturated heterocycles. The molecule has 7 heteroatoms. The van der Waals surface area contributed by atoms with Crippen molar-refractivity contribution < 1.29 is 23.5 Å². The Morgan fingerprint density at radius 2 is 1.78 bits per heavy atom. The molecule has 2 heterocycles. The Morgan fingerprint density at radius 3 is 2.56 bits per heavy atom. The molecule has 0 aliphatic carbocycles. The molecule has 1 atom stereocenters. The minimum Gasteiger partial charge on any atom is -0.459 e. The second-order valence-electron chi connectivity index (χ2n) is 7.58. The van der Waals surface area contributed by atoms with Gasteiger partial charge in [0.15, 0.2) is 12.4 Å². The largest absolute Gasteiger partial charge is 0.459 e. The Morgan fingerprint density at radius 1 is 1.00 bits per heavy atom. The van der Waals surface area contributed by atoms with Crippen LogP contribution in [0.4, 0.5) is 5.69 Å². The predicted octanol–water partition coefficient (Wildman–Crippen LogP) is 3.14. The first kappa shape index (κ1) is 21.4. The third-order valence-corrected chi connectivity index (χ3v) is 5.37. The number of aryl methyl sites for hydroxylation is 1. The lowest BCUT2D eigenvalue weighted by Crippen LogP contribution is -2.45. The highest BCUT2D eigenvalue weighted by atomic mass is 16.5. The second kappa shape index (κ2) is 9.96. The summed E-state index contributed by atoms with van der Waals surface area (Å²) in [4.78, 5) is 39.7. The van der Waals surface area contributed by atoms with Gasteiger partial charge in [-0.2, -0.15) is 0 Å². The van der Waals surface area contributed by atoms with Crippen LogP contribution in [0.1, 0.15) is 28.1 Å². The summed E-state index contributed by atoms with van der Waals surface area (Å²) in [5, 5.41) is 2.65. The standard InChI is InChI=1S/C25H24N2O5/c28-23(27-14-6-11-19-10-4-5-12-21(19)27)17-32-25(30)20(16-18-8-2-1-3-9-18)26-24(29)22-13-7-15-31-22/h1-5,7-10,12-13,15,20H,6,11,14,16-17H2,(H,26,29)/t20-/m0/s1. The maximum atomic E-state index is 12.8. The smallest absolute Gasteiger partial charge is 0.329 e.